The molecule has 1 unspecified atom stereocenters. The van der Waals surface area contributed by atoms with Crippen LogP contribution in [0.15, 0.2) is 30.6 Å². The number of carbonyl (C=O) groups is 1. The first-order chi connectivity index (χ1) is 11.1. The highest BCUT2D eigenvalue weighted by Crippen LogP contribution is 2.22. The molecule has 1 amide bonds. The third-order valence-corrected chi connectivity index (χ3v) is 3.95. The normalized spacial score (nSPS) is 20.6. The molecule has 2 aromatic rings. The number of halogens is 1. The van der Waals surface area contributed by atoms with Crippen molar-refractivity contribution in [3.8, 4) is 5.69 Å². The van der Waals surface area contributed by atoms with E-state index in [9.17, 15) is 9.18 Å². The summed E-state index contributed by atoms with van der Waals surface area (Å²) in [6, 6.07) is 4.20. The molecule has 1 aliphatic heterocycles. The lowest BCUT2D eigenvalue weighted by molar-refractivity contribution is -0.0149. The third-order valence-electron chi connectivity index (χ3n) is 3.95. The van der Waals surface area contributed by atoms with Crippen molar-refractivity contribution in [2.24, 2.45) is 0 Å². The molecule has 0 aliphatic carbocycles. The van der Waals surface area contributed by atoms with Gasteiger partial charge in [0.2, 0.25) is 0 Å². The van der Waals surface area contributed by atoms with Crippen LogP contribution in [0, 0.1) is 5.82 Å². The molecule has 1 aromatic heterocycles. The van der Waals surface area contributed by atoms with Gasteiger partial charge in [0, 0.05) is 26.7 Å². The highest BCUT2D eigenvalue weighted by molar-refractivity contribution is 5.95. The van der Waals surface area contributed by atoms with Crippen molar-refractivity contribution in [2.45, 2.75) is 12.0 Å². The average Bonchev–Trinajstić information content (AvgIpc) is 3.25. The van der Waals surface area contributed by atoms with Crippen LogP contribution in [0.4, 0.5) is 4.39 Å². The van der Waals surface area contributed by atoms with Crippen LogP contribution in [-0.2, 0) is 9.47 Å². The zero-order valence-corrected chi connectivity index (χ0v) is 12.7. The maximum Gasteiger partial charge on any atom is 0.254 e. The molecule has 1 aromatic carbocycles. The summed E-state index contributed by atoms with van der Waals surface area (Å²) in [5, 5.41) is 10.2. The third kappa shape index (κ3) is 3.22. The zero-order chi connectivity index (χ0) is 16.3. The Hall–Kier alpha value is -2.32. The van der Waals surface area contributed by atoms with Gasteiger partial charge in [-0.25, -0.2) is 9.07 Å². The Morgan fingerprint density at radius 3 is 3.09 bits per heavy atom. The molecule has 0 saturated carbocycles. The maximum atomic E-state index is 14.0. The van der Waals surface area contributed by atoms with Gasteiger partial charge in [-0.1, -0.05) is 5.21 Å². The lowest BCUT2D eigenvalue weighted by atomic mass is 10.0. The molecule has 7 nitrogen and oxygen atoms in total. The Kier molecular flexibility index (Phi) is 4.35. The second-order valence-electron chi connectivity index (χ2n) is 5.38. The van der Waals surface area contributed by atoms with Crippen LogP contribution in [0.25, 0.3) is 5.69 Å². The van der Waals surface area contributed by atoms with E-state index in [1.54, 1.807) is 13.3 Å². The number of amides is 1. The molecule has 0 radical (unpaired) electrons. The second-order valence-corrected chi connectivity index (χ2v) is 5.38. The number of benzene rings is 1. The molecule has 1 aliphatic rings. The minimum Gasteiger partial charge on any atom is -0.378 e. The summed E-state index contributed by atoms with van der Waals surface area (Å²) in [5.41, 5.74) is -0.0433. The fourth-order valence-corrected chi connectivity index (χ4v) is 2.47. The molecule has 3 rings (SSSR count). The van der Waals surface area contributed by atoms with Crippen LogP contribution in [0.2, 0.25) is 0 Å². The number of methoxy groups -OCH3 is 1. The van der Waals surface area contributed by atoms with Gasteiger partial charge in [0.15, 0.2) is 0 Å². The summed E-state index contributed by atoms with van der Waals surface area (Å²) in [6.07, 6.45) is 3.81. The van der Waals surface area contributed by atoms with Gasteiger partial charge in [0.05, 0.1) is 30.3 Å². The topological polar surface area (TPSA) is 78.3 Å². The van der Waals surface area contributed by atoms with Crippen molar-refractivity contribution in [3.63, 3.8) is 0 Å². The van der Waals surface area contributed by atoms with Gasteiger partial charge in [0.25, 0.3) is 5.91 Å². The Labute approximate surface area is 132 Å². The minimum atomic E-state index is -0.597. The number of rotatable bonds is 5. The summed E-state index contributed by atoms with van der Waals surface area (Å²) in [5.74, 6) is -1.10. The standard InChI is InChI=1S/C15H17FN4O3/c1-22-15(4-7-23-10-15)9-17-14(21)12-8-11(2-3-13(12)16)20-6-5-18-19-20/h2-3,5-6,8H,4,7,9-10H2,1H3,(H,17,21). The van der Waals surface area contributed by atoms with Crippen molar-refractivity contribution in [3.05, 3.63) is 42.0 Å². The van der Waals surface area contributed by atoms with Crippen LogP contribution < -0.4 is 5.32 Å². The molecule has 1 atom stereocenters. The van der Waals surface area contributed by atoms with E-state index < -0.39 is 17.3 Å². The van der Waals surface area contributed by atoms with Gasteiger partial charge in [-0.2, -0.15) is 0 Å². The lowest BCUT2D eigenvalue weighted by Gasteiger charge is -2.25. The Bertz CT molecular complexity index is 684. The Morgan fingerprint density at radius 1 is 1.57 bits per heavy atom. The average molecular weight is 320 g/mol. The smallest absolute Gasteiger partial charge is 0.254 e. The van der Waals surface area contributed by atoms with Crippen LogP contribution in [0.5, 0.6) is 0 Å². The summed E-state index contributed by atoms with van der Waals surface area (Å²) in [7, 11) is 1.58. The molecule has 0 spiro atoms. The van der Waals surface area contributed by atoms with Gasteiger partial charge < -0.3 is 14.8 Å². The summed E-state index contributed by atoms with van der Waals surface area (Å²) in [6.45, 7) is 1.25. The van der Waals surface area contributed by atoms with Crippen molar-refractivity contribution in [1.29, 1.82) is 0 Å². The van der Waals surface area contributed by atoms with E-state index in [2.05, 4.69) is 15.6 Å². The van der Waals surface area contributed by atoms with Gasteiger partial charge in [-0.15, -0.1) is 5.10 Å². The van der Waals surface area contributed by atoms with Crippen LogP contribution in [0.1, 0.15) is 16.8 Å². The van der Waals surface area contributed by atoms with Gasteiger partial charge in [-0.3, -0.25) is 4.79 Å². The fourth-order valence-electron chi connectivity index (χ4n) is 2.47. The number of hydrogen-bond donors (Lipinski definition) is 1. The number of carbonyl (C=O) groups excluding carboxylic acids is 1. The van der Waals surface area contributed by atoms with Gasteiger partial charge >= 0.3 is 0 Å². The van der Waals surface area contributed by atoms with E-state index in [4.69, 9.17) is 9.47 Å². The number of nitrogens with zero attached hydrogens (tertiary/aromatic N) is 3. The van der Waals surface area contributed by atoms with Crippen molar-refractivity contribution < 1.29 is 18.7 Å². The van der Waals surface area contributed by atoms with E-state index in [-0.39, 0.29) is 12.1 Å². The monoisotopic (exact) mass is 320 g/mol. The van der Waals surface area contributed by atoms with Crippen LogP contribution >= 0.6 is 0 Å². The summed E-state index contributed by atoms with van der Waals surface area (Å²) < 4.78 is 26.2. The molecule has 122 valence electrons. The van der Waals surface area contributed by atoms with E-state index in [0.29, 0.717) is 25.3 Å². The molecule has 23 heavy (non-hydrogen) atoms. The van der Waals surface area contributed by atoms with E-state index in [0.717, 1.165) is 0 Å². The number of ether oxygens (including phenoxy) is 2. The van der Waals surface area contributed by atoms with Crippen LogP contribution in [0.3, 0.4) is 0 Å². The molecule has 1 saturated heterocycles. The number of aromatic nitrogens is 3. The maximum absolute atomic E-state index is 14.0. The van der Waals surface area contributed by atoms with Crippen LogP contribution in [-0.4, -0.2) is 53.4 Å². The predicted molar refractivity (Wildman–Crippen MR) is 78.8 cm³/mol. The highest BCUT2D eigenvalue weighted by Gasteiger charge is 2.35. The van der Waals surface area contributed by atoms with Crippen molar-refractivity contribution in [2.75, 3.05) is 26.9 Å². The molecule has 1 fully saturated rings. The number of nitrogens with one attached hydrogen (secondary N) is 1. The van der Waals surface area contributed by atoms with E-state index in [1.807, 2.05) is 0 Å². The largest absolute Gasteiger partial charge is 0.378 e. The minimum absolute atomic E-state index is 0.0526. The van der Waals surface area contributed by atoms with Gasteiger partial charge in [-0.05, 0) is 18.2 Å². The van der Waals surface area contributed by atoms with E-state index >= 15 is 0 Å². The Balaban J connectivity index is 1.75. The molecular weight excluding hydrogens is 303 g/mol. The van der Waals surface area contributed by atoms with Crippen molar-refractivity contribution >= 4 is 5.91 Å². The molecule has 8 heteroatoms. The Morgan fingerprint density at radius 2 is 2.43 bits per heavy atom. The number of hydrogen-bond acceptors (Lipinski definition) is 5. The van der Waals surface area contributed by atoms with E-state index in [1.165, 1.54) is 29.1 Å². The fraction of sp³-hybridized carbons (Fsp3) is 0.400. The second kappa shape index (κ2) is 6.43. The van der Waals surface area contributed by atoms with Gasteiger partial charge in [0.1, 0.15) is 11.4 Å². The summed E-state index contributed by atoms with van der Waals surface area (Å²) >= 11 is 0. The first-order valence-electron chi connectivity index (χ1n) is 7.21. The highest BCUT2D eigenvalue weighted by atomic mass is 19.1. The quantitative estimate of drug-likeness (QED) is 0.887. The summed E-state index contributed by atoms with van der Waals surface area (Å²) in [4.78, 5) is 12.3. The first-order valence-corrected chi connectivity index (χ1v) is 7.21. The zero-order valence-electron chi connectivity index (χ0n) is 12.7. The van der Waals surface area contributed by atoms with Crippen molar-refractivity contribution in [1.82, 2.24) is 20.3 Å². The first kappa shape index (κ1) is 15.6. The lowest BCUT2D eigenvalue weighted by Crippen LogP contribution is -2.45. The molecule has 0 bridgehead atoms. The SMILES string of the molecule is COC1(CNC(=O)c2cc(-n3ccnn3)ccc2F)CCOC1. The molecular formula is C15H17FN4O3. The predicted octanol–water partition coefficient (Wildman–Crippen LogP) is 0.942. The molecule has 1 N–H and O–H groups in total. The molecule has 2 heterocycles.